The fourth-order valence-electron chi connectivity index (χ4n) is 3.35. The molecule has 7 nitrogen and oxygen atoms in total. The topological polar surface area (TPSA) is 84.5 Å². The van der Waals surface area contributed by atoms with E-state index in [1.54, 1.807) is 35.2 Å². The predicted octanol–water partition coefficient (Wildman–Crippen LogP) is 5.33. The first kappa shape index (κ1) is 24.9. The Morgan fingerprint density at radius 2 is 1.97 bits per heavy atom. The number of aromatic nitrogens is 2. The van der Waals surface area contributed by atoms with E-state index in [0.29, 0.717) is 62.9 Å². The van der Waals surface area contributed by atoms with Crippen molar-refractivity contribution < 1.29 is 14.3 Å². The Balaban J connectivity index is 1.92. The fraction of sp³-hybridized carbons (Fsp3) is 0.375. The van der Waals surface area contributed by atoms with Crippen LogP contribution in [0.15, 0.2) is 35.1 Å². The summed E-state index contributed by atoms with van der Waals surface area (Å²) in [6.07, 6.45) is 0.718. The summed E-state index contributed by atoms with van der Waals surface area (Å²) in [6, 6.07) is 8.07. The largest absolute Gasteiger partial charge is 0.493 e. The molecule has 176 valence electrons. The Hall–Kier alpha value is -2.77. The summed E-state index contributed by atoms with van der Waals surface area (Å²) >= 11 is 12.5. The highest BCUT2D eigenvalue weighted by Gasteiger charge is 2.21. The van der Waals surface area contributed by atoms with Gasteiger partial charge in [-0.15, -0.1) is 0 Å². The zero-order chi connectivity index (χ0) is 24.1. The third-order valence-electron chi connectivity index (χ3n) is 4.88. The van der Waals surface area contributed by atoms with Gasteiger partial charge in [0.1, 0.15) is 5.82 Å². The maximum Gasteiger partial charge on any atom is 0.258 e. The fourth-order valence-corrected chi connectivity index (χ4v) is 3.79. The number of nitrogens with zero attached hydrogens (tertiary/aromatic N) is 2. The third kappa shape index (κ3) is 5.97. The van der Waals surface area contributed by atoms with Crippen molar-refractivity contribution in [2.24, 2.45) is 5.92 Å². The quantitative estimate of drug-likeness (QED) is 0.437. The number of hydrogen-bond donors (Lipinski definition) is 1. The van der Waals surface area contributed by atoms with E-state index in [2.05, 4.69) is 9.97 Å². The van der Waals surface area contributed by atoms with Crippen LogP contribution in [0.2, 0.25) is 10.0 Å². The van der Waals surface area contributed by atoms with Crippen LogP contribution in [0.3, 0.4) is 0 Å². The van der Waals surface area contributed by atoms with Crippen LogP contribution in [-0.2, 0) is 6.54 Å². The molecule has 2 aromatic carbocycles. The van der Waals surface area contributed by atoms with Gasteiger partial charge in [0.05, 0.1) is 36.2 Å². The van der Waals surface area contributed by atoms with Crippen molar-refractivity contribution in [2.45, 2.75) is 33.7 Å². The van der Waals surface area contributed by atoms with Gasteiger partial charge >= 0.3 is 0 Å². The second-order valence-corrected chi connectivity index (χ2v) is 8.94. The number of fused-ring (bicyclic) bond motifs is 1. The lowest BCUT2D eigenvalue weighted by Crippen LogP contribution is -2.33. The lowest BCUT2D eigenvalue weighted by Gasteiger charge is -2.23. The molecule has 0 atom stereocenters. The first-order valence-electron chi connectivity index (χ1n) is 10.7. The first-order chi connectivity index (χ1) is 15.7. The number of aromatic amines is 1. The average molecular weight is 492 g/mol. The number of nitrogens with one attached hydrogen (secondary N) is 1. The maximum absolute atomic E-state index is 13.4. The summed E-state index contributed by atoms with van der Waals surface area (Å²) in [5.74, 6) is 1.20. The predicted molar refractivity (Wildman–Crippen MR) is 131 cm³/mol. The number of benzene rings is 2. The monoisotopic (exact) mass is 491 g/mol. The normalized spacial score (nSPS) is 11.1. The van der Waals surface area contributed by atoms with Gasteiger partial charge in [0.25, 0.3) is 11.5 Å². The minimum atomic E-state index is -0.285. The number of carbonyl (C=O) groups excluding carboxylic acids is 1. The van der Waals surface area contributed by atoms with Gasteiger partial charge in [-0.1, -0.05) is 44.0 Å². The van der Waals surface area contributed by atoms with E-state index >= 15 is 0 Å². The van der Waals surface area contributed by atoms with E-state index < -0.39 is 0 Å². The number of hydrogen-bond acceptors (Lipinski definition) is 5. The summed E-state index contributed by atoms with van der Waals surface area (Å²) in [5.41, 5.74) is 0.543. The molecule has 33 heavy (non-hydrogen) atoms. The standard InChI is InChI=1S/C24H27Cl2N3O4/c1-5-8-29(12-21-27-19-11-16(25)6-7-17(19)23(30)28-21)24(31)15-9-18(26)22(20(10-15)32-4)33-13-14(2)3/h6-7,9-11,14H,5,8,12-13H2,1-4H3,(H,27,28,30). The molecular weight excluding hydrogens is 465 g/mol. The molecule has 0 saturated carbocycles. The highest BCUT2D eigenvalue weighted by molar-refractivity contribution is 6.32. The van der Waals surface area contributed by atoms with Crippen LogP contribution < -0.4 is 15.0 Å². The average Bonchev–Trinajstić information content (AvgIpc) is 2.76. The minimum absolute atomic E-state index is 0.121. The van der Waals surface area contributed by atoms with E-state index in [9.17, 15) is 9.59 Å². The van der Waals surface area contributed by atoms with E-state index in [-0.39, 0.29) is 18.0 Å². The third-order valence-corrected chi connectivity index (χ3v) is 5.39. The Kier molecular flexibility index (Phi) is 8.21. The number of methoxy groups -OCH3 is 1. The van der Waals surface area contributed by atoms with Crippen LogP contribution in [0.5, 0.6) is 11.5 Å². The molecular formula is C24H27Cl2N3O4. The zero-order valence-electron chi connectivity index (χ0n) is 19.1. The number of H-pyrrole nitrogens is 1. The van der Waals surface area contributed by atoms with Crippen molar-refractivity contribution >= 4 is 40.0 Å². The van der Waals surface area contributed by atoms with E-state index in [1.807, 2.05) is 20.8 Å². The Morgan fingerprint density at radius 1 is 1.21 bits per heavy atom. The number of ether oxygens (including phenoxy) is 2. The number of halogens is 2. The molecule has 0 unspecified atom stereocenters. The number of rotatable bonds is 9. The second kappa shape index (κ2) is 10.9. The molecule has 3 rings (SSSR count). The van der Waals surface area contributed by atoms with Gasteiger partial charge in [-0.05, 0) is 42.7 Å². The van der Waals surface area contributed by atoms with Crippen LogP contribution in [0, 0.1) is 5.92 Å². The van der Waals surface area contributed by atoms with E-state index in [1.165, 1.54) is 7.11 Å². The molecule has 1 heterocycles. The van der Waals surface area contributed by atoms with E-state index in [4.69, 9.17) is 32.7 Å². The minimum Gasteiger partial charge on any atom is -0.493 e. The van der Waals surface area contributed by atoms with Crippen LogP contribution in [0.1, 0.15) is 43.4 Å². The van der Waals surface area contributed by atoms with Crippen molar-refractivity contribution in [1.29, 1.82) is 0 Å². The molecule has 1 N–H and O–H groups in total. The summed E-state index contributed by atoms with van der Waals surface area (Å²) in [6.45, 7) is 7.07. The summed E-state index contributed by atoms with van der Waals surface area (Å²) in [4.78, 5) is 34.7. The first-order valence-corrected chi connectivity index (χ1v) is 11.5. The molecule has 0 bridgehead atoms. The second-order valence-electron chi connectivity index (χ2n) is 8.10. The van der Waals surface area contributed by atoms with Crippen molar-refractivity contribution in [3.05, 3.63) is 62.1 Å². The van der Waals surface area contributed by atoms with Crippen molar-refractivity contribution in [3.63, 3.8) is 0 Å². The Labute approximate surface area is 202 Å². The molecule has 1 aromatic heterocycles. The Morgan fingerprint density at radius 3 is 2.64 bits per heavy atom. The SMILES string of the molecule is CCCN(Cc1nc2cc(Cl)ccc2c(=O)[nH]1)C(=O)c1cc(Cl)c(OCC(C)C)c(OC)c1. The van der Waals surface area contributed by atoms with E-state index in [0.717, 1.165) is 6.42 Å². The smallest absolute Gasteiger partial charge is 0.258 e. The lowest BCUT2D eigenvalue weighted by molar-refractivity contribution is 0.0738. The van der Waals surface area contributed by atoms with Crippen LogP contribution >= 0.6 is 23.2 Å². The van der Waals surface area contributed by atoms with Crippen LogP contribution in [0.4, 0.5) is 0 Å². The van der Waals surface area contributed by atoms with Crippen molar-refractivity contribution in [3.8, 4) is 11.5 Å². The summed E-state index contributed by atoms with van der Waals surface area (Å²) in [7, 11) is 1.50. The summed E-state index contributed by atoms with van der Waals surface area (Å²) in [5, 5.41) is 1.21. The molecule has 0 aliphatic heterocycles. The van der Waals surface area contributed by atoms with Gasteiger partial charge in [0.2, 0.25) is 0 Å². The van der Waals surface area contributed by atoms with Gasteiger partial charge in [-0.2, -0.15) is 0 Å². The molecule has 0 aliphatic rings. The van der Waals surface area contributed by atoms with Crippen molar-refractivity contribution in [1.82, 2.24) is 14.9 Å². The highest BCUT2D eigenvalue weighted by Crippen LogP contribution is 2.37. The molecule has 0 aliphatic carbocycles. The van der Waals surface area contributed by atoms with Gasteiger partial charge in [-0.25, -0.2) is 4.98 Å². The van der Waals surface area contributed by atoms with Gasteiger partial charge in [0, 0.05) is 17.1 Å². The number of amides is 1. The van der Waals surface area contributed by atoms with Gasteiger partial charge < -0.3 is 19.4 Å². The molecule has 3 aromatic rings. The molecule has 0 spiro atoms. The molecule has 9 heteroatoms. The Bertz CT molecular complexity index is 1210. The number of carbonyl (C=O) groups is 1. The molecule has 0 radical (unpaired) electrons. The molecule has 1 amide bonds. The molecule has 0 saturated heterocycles. The lowest BCUT2D eigenvalue weighted by atomic mass is 10.1. The highest BCUT2D eigenvalue weighted by atomic mass is 35.5. The summed E-state index contributed by atoms with van der Waals surface area (Å²) < 4.78 is 11.2. The zero-order valence-corrected chi connectivity index (χ0v) is 20.6. The van der Waals surface area contributed by atoms with Crippen LogP contribution in [-0.4, -0.2) is 41.0 Å². The van der Waals surface area contributed by atoms with Gasteiger partial charge in [-0.3, -0.25) is 9.59 Å². The van der Waals surface area contributed by atoms with Crippen molar-refractivity contribution in [2.75, 3.05) is 20.3 Å². The van der Waals surface area contributed by atoms with Crippen LogP contribution in [0.25, 0.3) is 10.9 Å². The molecule has 0 fully saturated rings. The maximum atomic E-state index is 13.4. The van der Waals surface area contributed by atoms with Gasteiger partial charge in [0.15, 0.2) is 11.5 Å².